The van der Waals surface area contributed by atoms with Gasteiger partial charge < -0.3 is 5.11 Å². The van der Waals surface area contributed by atoms with Gasteiger partial charge in [0.1, 0.15) is 0 Å². The van der Waals surface area contributed by atoms with Crippen molar-refractivity contribution in [3.8, 4) is 0 Å². The van der Waals surface area contributed by atoms with Crippen molar-refractivity contribution in [1.29, 1.82) is 0 Å². The average molecular weight is 168 g/mol. The lowest BCUT2D eigenvalue weighted by Gasteiger charge is -2.37. The quantitative estimate of drug-likeness (QED) is 0.551. The van der Waals surface area contributed by atoms with Crippen LogP contribution >= 0.6 is 0 Å². The molecule has 1 nitrogen and oxygen atoms in total. The zero-order valence-electron chi connectivity index (χ0n) is 8.43. The molecule has 0 bridgehead atoms. The van der Waals surface area contributed by atoms with Crippen LogP contribution in [0.3, 0.4) is 0 Å². The van der Waals surface area contributed by atoms with Gasteiger partial charge in [-0.3, -0.25) is 0 Å². The van der Waals surface area contributed by atoms with Crippen LogP contribution in [0.15, 0.2) is 12.2 Å². The molecule has 0 unspecified atom stereocenters. The fraction of sp³-hybridized carbons (Fsp3) is 0.818. The van der Waals surface area contributed by atoms with Crippen molar-refractivity contribution in [1.82, 2.24) is 0 Å². The zero-order valence-corrected chi connectivity index (χ0v) is 8.43. The van der Waals surface area contributed by atoms with Gasteiger partial charge in [0.2, 0.25) is 0 Å². The minimum atomic E-state index is -0.580. The Balaban J connectivity index is 2.80. The highest BCUT2D eigenvalue weighted by Gasteiger charge is 2.37. The summed E-state index contributed by atoms with van der Waals surface area (Å²) in [5.41, 5.74) is -0.614. The van der Waals surface area contributed by atoms with Crippen molar-refractivity contribution >= 4 is 0 Å². The Bertz CT molecular complexity index is 176. The minimum Gasteiger partial charge on any atom is -0.385 e. The van der Waals surface area contributed by atoms with Gasteiger partial charge in [-0.25, -0.2) is 0 Å². The van der Waals surface area contributed by atoms with E-state index in [0.29, 0.717) is 0 Å². The fourth-order valence-corrected chi connectivity index (χ4v) is 1.64. The summed E-state index contributed by atoms with van der Waals surface area (Å²) >= 11 is 0. The lowest BCUT2D eigenvalue weighted by atomic mass is 9.74. The van der Waals surface area contributed by atoms with Crippen LogP contribution < -0.4 is 0 Å². The van der Waals surface area contributed by atoms with Crippen molar-refractivity contribution < 1.29 is 5.11 Å². The zero-order chi connectivity index (χ0) is 9.24. The van der Waals surface area contributed by atoms with Crippen molar-refractivity contribution in [3.05, 3.63) is 12.2 Å². The molecule has 0 aromatic rings. The first-order valence-electron chi connectivity index (χ1n) is 4.86. The molecule has 0 fully saturated rings. The standard InChI is InChI=1S/C11H20O/c1-10(2,3)11(12)8-6-4-5-7-9-11/h6,8,12H,4-5,7,9H2,1-3H3/t11-/m0/s1. The maximum absolute atomic E-state index is 10.3. The summed E-state index contributed by atoms with van der Waals surface area (Å²) in [6, 6.07) is 0. The molecule has 0 amide bonds. The molecule has 1 atom stereocenters. The Hall–Kier alpha value is -0.300. The summed E-state index contributed by atoms with van der Waals surface area (Å²) in [5, 5.41) is 10.3. The summed E-state index contributed by atoms with van der Waals surface area (Å²) in [5.74, 6) is 0. The second kappa shape index (κ2) is 3.21. The third kappa shape index (κ3) is 1.89. The van der Waals surface area contributed by atoms with E-state index in [1.165, 1.54) is 6.42 Å². The molecule has 1 heteroatoms. The predicted molar refractivity (Wildman–Crippen MR) is 52.0 cm³/mol. The summed E-state index contributed by atoms with van der Waals surface area (Å²) in [6.45, 7) is 6.30. The van der Waals surface area contributed by atoms with Crippen LogP contribution in [0, 0.1) is 5.41 Å². The SMILES string of the molecule is CC(C)(C)[C@]1(O)C=CCCCC1. The van der Waals surface area contributed by atoms with Crippen LogP contribution in [0.25, 0.3) is 0 Å². The highest BCUT2D eigenvalue weighted by atomic mass is 16.3. The first-order chi connectivity index (χ1) is 5.46. The first-order valence-corrected chi connectivity index (χ1v) is 4.86. The van der Waals surface area contributed by atoms with E-state index in [0.717, 1.165) is 19.3 Å². The maximum Gasteiger partial charge on any atom is 0.0875 e. The average Bonchev–Trinajstić information content (AvgIpc) is 2.12. The van der Waals surface area contributed by atoms with Crippen molar-refractivity contribution in [3.63, 3.8) is 0 Å². The highest BCUT2D eigenvalue weighted by Crippen LogP contribution is 2.37. The van der Waals surface area contributed by atoms with Gasteiger partial charge in [0, 0.05) is 0 Å². The monoisotopic (exact) mass is 168 g/mol. The minimum absolute atomic E-state index is 0.0339. The Morgan fingerprint density at radius 1 is 1.25 bits per heavy atom. The molecule has 0 aromatic carbocycles. The van der Waals surface area contributed by atoms with Crippen LogP contribution in [-0.2, 0) is 0 Å². The van der Waals surface area contributed by atoms with Gasteiger partial charge in [0.25, 0.3) is 0 Å². The lowest BCUT2D eigenvalue weighted by Crippen LogP contribution is -2.40. The van der Waals surface area contributed by atoms with Gasteiger partial charge in [-0.2, -0.15) is 0 Å². The van der Waals surface area contributed by atoms with E-state index in [1.54, 1.807) is 0 Å². The number of allylic oxidation sites excluding steroid dienone is 1. The van der Waals surface area contributed by atoms with Gasteiger partial charge >= 0.3 is 0 Å². The van der Waals surface area contributed by atoms with E-state index < -0.39 is 5.60 Å². The third-order valence-corrected chi connectivity index (χ3v) is 2.87. The lowest BCUT2D eigenvalue weighted by molar-refractivity contribution is -0.0211. The number of rotatable bonds is 0. The van der Waals surface area contributed by atoms with Crippen LogP contribution in [0.4, 0.5) is 0 Å². The molecular formula is C11H20O. The number of aliphatic hydroxyl groups is 1. The molecule has 1 aliphatic rings. The molecule has 70 valence electrons. The number of hydrogen-bond acceptors (Lipinski definition) is 1. The topological polar surface area (TPSA) is 20.2 Å². The summed E-state index contributed by atoms with van der Waals surface area (Å²) in [7, 11) is 0. The Kier molecular flexibility index (Phi) is 2.62. The van der Waals surface area contributed by atoms with E-state index in [1.807, 2.05) is 6.08 Å². The van der Waals surface area contributed by atoms with E-state index in [9.17, 15) is 5.11 Å². The van der Waals surface area contributed by atoms with Gasteiger partial charge in [-0.15, -0.1) is 0 Å². The smallest absolute Gasteiger partial charge is 0.0875 e. The second-order valence-corrected chi connectivity index (χ2v) is 4.82. The van der Waals surface area contributed by atoms with Gasteiger partial charge in [-0.05, 0) is 31.1 Å². The second-order valence-electron chi connectivity index (χ2n) is 4.82. The highest BCUT2D eigenvalue weighted by molar-refractivity contribution is 5.08. The Labute approximate surface area is 75.5 Å². The summed E-state index contributed by atoms with van der Waals surface area (Å²) in [6.07, 6.45) is 8.51. The molecule has 1 aliphatic carbocycles. The van der Waals surface area contributed by atoms with Crippen molar-refractivity contribution in [2.24, 2.45) is 5.41 Å². The number of hydrogen-bond donors (Lipinski definition) is 1. The van der Waals surface area contributed by atoms with Crippen LogP contribution in [0.1, 0.15) is 46.5 Å². The van der Waals surface area contributed by atoms with Crippen LogP contribution in [0.5, 0.6) is 0 Å². The van der Waals surface area contributed by atoms with Gasteiger partial charge in [0.05, 0.1) is 5.60 Å². The summed E-state index contributed by atoms with van der Waals surface area (Å²) < 4.78 is 0. The van der Waals surface area contributed by atoms with E-state index >= 15 is 0 Å². The normalized spacial score (nSPS) is 31.7. The van der Waals surface area contributed by atoms with Crippen LogP contribution in [0.2, 0.25) is 0 Å². The largest absolute Gasteiger partial charge is 0.385 e. The molecule has 0 saturated heterocycles. The van der Waals surface area contributed by atoms with Crippen molar-refractivity contribution in [2.75, 3.05) is 0 Å². The van der Waals surface area contributed by atoms with E-state index in [2.05, 4.69) is 26.8 Å². The third-order valence-electron chi connectivity index (χ3n) is 2.87. The molecule has 0 heterocycles. The molecule has 0 saturated carbocycles. The molecule has 0 aliphatic heterocycles. The summed E-state index contributed by atoms with van der Waals surface area (Å²) in [4.78, 5) is 0. The molecule has 12 heavy (non-hydrogen) atoms. The van der Waals surface area contributed by atoms with Crippen molar-refractivity contribution in [2.45, 2.75) is 52.1 Å². The van der Waals surface area contributed by atoms with Gasteiger partial charge in [-0.1, -0.05) is 32.9 Å². The molecule has 1 rings (SSSR count). The van der Waals surface area contributed by atoms with Gasteiger partial charge in [0.15, 0.2) is 0 Å². The fourth-order valence-electron chi connectivity index (χ4n) is 1.64. The predicted octanol–water partition coefficient (Wildman–Crippen LogP) is 2.89. The molecular weight excluding hydrogens is 148 g/mol. The molecule has 0 radical (unpaired) electrons. The van der Waals surface area contributed by atoms with E-state index in [-0.39, 0.29) is 5.41 Å². The Morgan fingerprint density at radius 3 is 2.50 bits per heavy atom. The molecule has 1 N–H and O–H groups in total. The van der Waals surface area contributed by atoms with Crippen LogP contribution in [-0.4, -0.2) is 10.7 Å². The Morgan fingerprint density at radius 2 is 1.92 bits per heavy atom. The molecule has 0 spiro atoms. The van der Waals surface area contributed by atoms with E-state index in [4.69, 9.17) is 0 Å². The maximum atomic E-state index is 10.3. The first kappa shape index (κ1) is 9.79. The molecule has 0 aromatic heterocycles.